The molecule has 0 heterocycles. The Hall–Kier alpha value is -2.76. The average molecular weight is 453 g/mol. The molecule has 4 nitrogen and oxygen atoms in total. The Morgan fingerprint density at radius 3 is 2.23 bits per heavy atom. The molecule has 2 N–H and O–H groups in total. The number of hydrogen-bond donors (Lipinski definition) is 2. The van der Waals surface area contributed by atoms with E-state index in [0.717, 1.165) is 10.6 Å². The molecule has 2 amide bonds. The second kappa shape index (κ2) is 10.5. The van der Waals surface area contributed by atoms with Gasteiger partial charge in [-0.15, -0.1) is 11.8 Å². The predicted octanol–water partition coefficient (Wildman–Crippen LogP) is 6.84. The smallest absolute Gasteiger partial charge is 0.255 e. The van der Waals surface area contributed by atoms with Crippen LogP contribution in [0.4, 0.5) is 11.4 Å². The number of anilines is 2. The fraction of sp³-hybridized carbons (Fsp3) is 0.200. The van der Waals surface area contributed by atoms with Gasteiger partial charge in [0, 0.05) is 26.9 Å². The first-order valence-electron chi connectivity index (χ1n) is 10.1. The third kappa shape index (κ3) is 6.61. The molecule has 0 saturated heterocycles. The van der Waals surface area contributed by atoms with Crippen molar-refractivity contribution in [1.82, 2.24) is 0 Å². The summed E-state index contributed by atoms with van der Waals surface area (Å²) in [6, 6.07) is 22.1. The van der Waals surface area contributed by atoms with Crippen molar-refractivity contribution in [3.63, 3.8) is 0 Å². The summed E-state index contributed by atoms with van der Waals surface area (Å²) in [5.41, 5.74) is 3.16. The van der Waals surface area contributed by atoms with Gasteiger partial charge in [0.2, 0.25) is 5.91 Å². The van der Waals surface area contributed by atoms with E-state index in [0.29, 0.717) is 22.2 Å². The fourth-order valence-electron chi connectivity index (χ4n) is 2.93. The van der Waals surface area contributed by atoms with Crippen LogP contribution in [0.25, 0.3) is 0 Å². The number of carbonyl (C=O) groups is 2. The molecule has 3 aromatic carbocycles. The highest BCUT2D eigenvalue weighted by Gasteiger charge is 2.15. The van der Waals surface area contributed by atoms with Crippen LogP contribution < -0.4 is 10.6 Å². The average Bonchev–Trinajstić information content (AvgIpc) is 2.74. The molecule has 0 aliphatic rings. The summed E-state index contributed by atoms with van der Waals surface area (Å²) < 4.78 is 0. The summed E-state index contributed by atoms with van der Waals surface area (Å²) in [4.78, 5) is 25.9. The molecule has 3 rings (SSSR count). The minimum atomic E-state index is -0.302. The first-order chi connectivity index (χ1) is 14.8. The van der Waals surface area contributed by atoms with Gasteiger partial charge in [-0.05, 0) is 66.9 Å². The summed E-state index contributed by atoms with van der Waals surface area (Å²) in [6.07, 6.45) is 0. The van der Waals surface area contributed by atoms with Gasteiger partial charge in [0.25, 0.3) is 5.91 Å². The Morgan fingerprint density at radius 2 is 1.55 bits per heavy atom. The molecule has 0 aliphatic heterocycles. The topological polar surface area (TPSA) is 58.2 Å². The quantitative estimate of drug-likeness (QED) is 0.386. The van der Waals surface area contributed by atoms with Gasteiger partial charge >= 0.3 is 0 Å². The largest absolute Gasteiger partial charge is 0.325 e. The van der Waals surface area contributed by atoms with Crippen molar-refractivity contribution in [3.8, 4) is 0 Å². The first kappa shape index (κ1) is 22.9. The maximum Gasteiger partial charge on any atom is 0.255 e. The van der Waals surface area contributed by atoms with Crippen molar-refractivity contribution in [1.29, 1.82) is 0 Å². The van der Waals surface area contributed by atoms with Crippen LogP contribution in [0.3, 0.4) is 0 Å². The molecule has 1 atom stereocenters. The number of halogens is 1. The number of benzene rings is 3. The van der Waals surface area contributed by atoms with Crippen LogP contribution in [0, 0.1) is 0 Å². The Morgan fingerprint density at radius 1 is 0.839 bits per heavy atom. The van der Waals surface area contributed by atoms with E-state index in [-0.39, 0.29) is 17.1 Å². The van der Waals surface area contributed by atoms with Gasteiger partial charge in [-0.3, -0.25) is 9.59 Å². The molecular weight excluding hydrogens is 428 g/mol. The minimum Gasteiger partial charge on any atom is -0.325 e. The lowest BCUT2D eigenvalue weighted by Gasteiger charge is -2.14. The van der Waals surface area contributed by atoms with E-state index in [1.54, 1.807) is 24.3 Å². The van der Waals surface area contributed by atoms with Crippen molar-refractivity contribution >= 4 is 46.6 Å². The molecule has 0 saturated carbocycles. The Balaban J connectivity index is 1.60. The van der Waals surface area contributed by atoms with Gasteiger partial charge in [-0.25, -0.2) is 0 Å². The van der Waals surface area contributed by atoms with Crippen molar-refractivity contribution < 1.29 is 9.59 Å². The van der Waals surface area contributed by atoms with Crippen molar-refractivity contribution in [2.45, 2.75) is 36.8 Å². The Bertz CT molecular complexity index is 1070. The highest BCUT2D eigenvalue weighted by atomic mass is 35.5. The molecule has 31 heavy (non-hydrogen) atoms. The monoisotopic (exact) mass is 452 g/mol. The molecule has 0 bridgehead atoms. The van der Waals surface area contributed by atoms with E-state index in [2.05, 4.69) is 24.5 Å². The standard InChI is InChI=1S/C25H25ClN2O2S/c1-16(2)18-10-12-21(13-11-18)27-24(29)17(3)31-23-9-5-8-22(15-23)28-25(30)19-6-4-7-20(26)14-19/h4-17H,1-3H3,(H,27,29)(H,28,30). The fourth-order valence-corrected chi connectivity index (χ4v) is 4.05. The summed E-state index contributed by atoms with van der Waals surface area (Å²) >= 11 is 7.40. The summed E-state index contributed by atoms with van der Waals surface area (Å²) in [7, 11) is 0. The van der Waals surface area contributed by atoms with Gasteiger partial charge in [-0.2, -0.15) is 0 Å². The van der Waals surface area contributed by atoms with Gasteiger partial charge in [-0.1, -0.05) is 49.7 Å². The number of carbonyl (C=O) groups excluding carboxylic acids is 2. The SMILES string of the molecule is CC(Sc1cccc(NC(=O)c2cccc(Cl)c2)c1)C(=O)Nc1ccc(C(C)C)cc1. The van der Waals surface area contributed by atoms with Gasteiger partial charge in [0.05, 0.1) is 5.25 Å². The van der Waals surface area contributed by atoms with Crippen LogP contribution in [0.15, 0.2) is 77.7 Å². The van der Waals surface area contributed by atoms with E-state index in [1.807, 2.05) is 55.5 Å². The van der Waals surface area contributed by atoms with Crippen molar-refractivity contribution in [3.05, 3.63) is 88.9 Å². The predicted molar refractivity (Wildman–Crippen MR) is 130 cm³/mol. The molecule has 0 aliphatic carbocycles. The molecule has 0 aromatic heterocycles. The second-order valence-electron chi connectivity index (χ2n) is 7.52. The summed E-state index contributed by atoms with van der Waals surface area (Å²) in [5.74, 6) is 0.141. The van der Waals surface area contributed by atoms with Crippen LogP contribution in [0.2, 0.25) is 5.02 Å². The maximum atomic E-state index is 12.6. The number of amides is 2. The van der Waals surface area contributed by atoms with Gasteiger partial charge in [0.15, 0.2) is 0 Å². The van der Waals surface area contributed by atoms with E-state index >= 15 is 0 Å². The zero-order chi connectivity index (χ0) is 22.4. The molecule has 0 radical (unpaired) electrons. The molecule has 3 aromatic rings. The number of hydrogen-bond acceptors (Lipinski definition) is 3. The zero-order valence-electron chi connectivity index (χ0n) is 17.7. The lowest BCUT2D eigenvalue weighted by Crippen LogP contribution is -2.22. The van der Waals surface area contributed by atoms with Crippen LogP contribution >= 0.6 is 23.4 Å². The molecule has 1 unspecified atom stereocenters. The van der Waals surface area contributed by atoms with E-state index < -0.39 is 0 Å². The van der Waals surface area contributed by atoms with Crippen molar-refractivity contribution in [2.24, 2.45) is 0 Å². The Kier molecular flexibility index (Phi) is 7.77. The molecule has 6 heteroatoms. The van der Waals surface area contributed by atoms with E-state index in [4.69, 9.17) is 11.6 Å². The normalized spacial score (nSPS) is 11.8. The van der Waals surface area contributed by atoms with Crippen molar-refractivity contribution in [2.75, 3.05) is 10.6 Å². The van der Waals surface area contributed by atoms with E-state index in [9.17, 15) is 9.59 Å². The Labute approximate surface area is 192 Å². The number of nitrogens with one attached hydrogen (secondary N) is 2. The summed E-state index contributed by atoms with van der Waals surface area (Å²) in [6.45, 7) is 6.13. The molecular formula is C25H25ClN2O2S. The van der Waals surface area contributed by atoms with Crippen LogP contribution in [-0.2, 0) is 4.79 Å². The first-order valence-corrected chi connectivity index (χ1v) is 11.3. The highest BCUT2D eigenvalue weighted by Crippen LogP contribution is 2.27. The zero-order valence-corrected chi connectivity index (χ0v) is 19.3. The van der Waals surface area contributed by atoms with E-state index in [1.165, 1.54) is 17.3 Å². The van der Waals surface area contributed by atoms with Gasteiger partial charge < -0.3 is 10.6 Å². The third-order valence-electron chi connectivity index (χ3n) is 4.71. The molecule has 160 valence electrons. The second-order valence-corrected chi connectivity index (χ2v) is 9.37. The highest BCUT2D eigenvalue weighted by molar-refractivity contribution is 8.00. The lowest BCUT2D eigenvalue weighted by atomic mass is 10.0. The molecule has 0 fully saturated rings. The van der Waals surface area contributed by atoms with Gasteiger partial charge in [0.1, 0.15) is 0 Å². The molecule has 0 spiro atoms. The third-order valence-corrected chi connectivity index (χ3v) is 6.03. The summed E-state index contributed by atoms with van der Waals surface area (Å²) in [5, 5.41) is 6.04. The van der Waals surface area contributed by atoms with Crippen LogP contribution in [-0.4, -0.2) is 17.1 Å². The lowest BCUT2D eigenvalue weighted by molar-refractivity contribution is -0.115. The minimum absolute atomic E-state index is 0.0735. The maximum absolute atomic E-state index is 12.6. The van der Waals surface area contributed by atoms with Crippen LogP contribution in [0.1, 0.15) is 42.6 Å². The van der Waals surface area contributed by atoms with Crippen LogP contribution in [0.5, 0.6) is 0 Å². The number of rotatable bonds is 7. The number of thioether (sulfide) groups is 1.